The number of nitrogens with two attached hydrogens (primary N) is 1. The maximum atomic E-state index is 5.48. The predicted molar refractivity (Wildman–Crippen MR) is 53.5 cm³/mol. The Morgan fingerprint density at radius 2 is 2.08 bits per heavy atom. The molecule has 2 N–H and O–H groups in total. The fourth-order valence-electron chi connectivity index (χ4n) is 0.935. The molecule has 0 fully saturated rings. The van der Waals surface area contributed by atoms with Gasteiger partial charge < -0.3 is 5.73 Å². The largest absolute Gasteiger partial charge is 0.326 e. The van der Waals surface area contributed by atoms with E-state index < -0.39 is 0 Å². The Bertz CT molecular complexity index is 236. The van der Waals surface area contributed by atoms with Crippen molar-refractivity contribution in [3.05, 3.63) is 29.6 Å². The molecule has 68 valence electrons. The lowest BCUT2D eigenvalue weighted by atomic mass is 10.0. The van der Waals surface area contributed by atoms with Crippen molar-refractivity contribution in [2.75, 3.05) is 0 Å². The first-order valence-corrected chi connectivity index (χ1v) is 3.88. The minimum atomic E-state index is 0. The highest BCUT2D eigenvalue weighted by Crippen LogP contribution is 2.13. The summed E-state index contributed by atoms with van der Waals surface area (Å²) in [6.45, 7) is 4.88. The maximum absolute atomic E-state index is 5.48. The first kappa shape index (κ1) is 11.4. The maximum Gasteiger partial charge on any atom is 0.0312 e. The summed E-state index contributed by atoms with van der Waals surface area (Å²) in [5, 5.41) is 0. The van der Waals surface area contributed by atoms with Crippen LogP contribution in [0.4, 0.5) is 0 Å². The van der Waals surface area contributed by atoms with Crippen LogP contribution in [-0.2, 0) is 6.54 Å². The first-order valence-electron chi connectivity index (χ1n) is 3.88. The van der Waals surface area contributed by atoms with Gasteiger partial charge in [0.15, 0.2) is 0 Å². The lowest BCUT2D eigenvalue weighted by Crippen LogP contribution is -1.99. The minimum Gasteiger partial charge on any atom is -0.326 e. The van der Waals surface area contributed by atoms with Gasteiger partial charge in [0.05, 0.1) is 0 Å². The predicted octanol–water partition coefficient (Wildman–Crippen LogP) is 2.09. The lowest BCUT2D eigenvalue weighted by Gasteiger charge is -2.05. The second kappa shape index (κ2) is 5.12. The molecule has 0 saturated heterocycles. The van der Waals surface area contributed by atoms with Gasteiger partial charge in [-0.15, -0.1) is 12.4 Å². The Morgan fingerprint density at radius 1 is 1.42 bits per heavy atom. The van der Waals surface area contributed by atoms with Crippen molar-refractivity contribution in [1.29, 1.82) is 0 Å². The van der Waals surface area contributed by atoms with Gasteiger partial charge in [-0.05, 0) is 17.0 Å². The summed E-state index contributed by atoms with van der Waals surface area (Å²) in [7, 11) is 0. The summed E-state index contributed by atoms with van der Waals surface area (Å²) in [5.41, 5.74) is 7.84. The highest BCUT2D eigenvalue weighted by molar-refractivity contribution is 5.85. The molecule has 2 nitrogen and oxygen atoms in total. The van der Waals surface area contributed by atoms with Crippen LogP contribution in [0, 0.1) is 0 Å². The van der Waals surface area contributed by atoms with Crippen molar-refractivity contribution in [2.24, 2.45) is 5.73 Å². The summed E-state index contributed by atoms with van der Waals surface area (Å²) in [6.07, 6.45) is 3.70. The molecule has 0 atom stereocenters. The van der Waals surface area contributed by atoms with Crippen LogP contribution in [0.1, 0.15) is 30.9 Å². The molecule has 0 saturated carbocycles. The van der Waals surface area contributed by atoms with Crippen LogP contribution in [0.5, 0.6) is 0 Å². The van der Waals surface area contributed by atoms with E-state index in [9.17, 15) is 0 Å². The Labute approximate surface area is 79.6 Å². The number of nitrogens with zero attached hydrogens (tertiary/aromatic N) is 1. The smallest absolute Gasteiger partial charge is 0.0312 e. The Kier molecular flexibility index (Phi) is 4.86. The summed E-state index contributed by atoms with van der Waals surface area (Å²) in [4.78, 5) is 4.10. The third-order valence-electron chi connectivity index (χ3n) is 1.72. The van der Waals surface area contributed by atoms with Crippen molar-refractivity contribution in [3.63, 3.8) is 0 Å². The van der Waals surface area contributed by atoms with Crippen molar-refractivity contribution in [3.8, 4) is 0 Å². The van der Waals surface area contributed by atoms with E-state index >= 15 is 0 Å². The molecular weight excluding hydrogens is 172 g/mol. The zero-order chi connectivity index (χ0) is 8.27. The molecular formula is C9H15ClN2. The third-order valence-corrected chi connectivity index (χ3v) is 1.72. The first-order chi connectivity index (χ1) is 5.24. The number of halogens is 1. The van der Waals surface area contributed by atoms with Crippen molar-refractivity contribution in [1.82, 2.24) is 4.98 Å². The van der Waals surface area contributed by atoms with E-state index in [2.05, 4.69) is 24.9 Å². The molecule has 0 amide bonds. The summed E-state index contributed by atoms with van der Waals surface area (Å²) in [5.74, 6) is 0.536. The molecule has 1 aromatic heterocycles. The molecule has 12 heavy (non-hydrogen) atoms. The monoisotopic (exact) mass is 186 g/mol. The van der Waals surface area contributed by atoms with E-state index in [1.54, 1.807) is 0 Å². The van der Waals surface area contributed by atoms with Crippen molar-refractivity contribution >= 4 is 12.4 Å². The summed E-state index contributed by atoms with van der Waals surface area (Å²) < 4.78 is 0. The van der Waals surface area contributed by atoms with Gasteiger partial charge in [-0.3, -0.25) is 4.98 Å². The zero-order valence-electron chi connectivity index (χ0n) is 7.45. The summed E-state index contributed by atoms with van der Waals surface area (Å²) in [6, 6.07) is 2.11. The van der Waals surface area contributed by atoms with Crippen LogP contribution in [0.2, 0.25) is 0 Å². The Morgan fingerprint density at radius 3 is 2.58 bits per heavy atom. The molecule has 3 heteroatoms. The Balaban J connectivity index is 0.00000121. The fraction of sp³-hybridized carbons (Fsp3) is 0.444. The molecule has 0 aromatic carbocycles. The standard InChI is InChI=1S/C9H14N2.ClH/c1-7(2)9-3-8(4-10)5-11-6-9;/h3,5-7H,4,10H2,1-2H3;1H. The van der Waals surface area contributed by atoms with Crippen LogP contribution in [-0.4, -0.2) is 4.98 Å². The van der Waals surface area contributed by atoms with Gasteiger partial charge in [0.1, 0.15) is 0 Å². The van der Waals surface area contributed by atoms with Crippen molar-refractivity contribution < 1.29 is 0 Å². The van der Waals surface area contributed by atoms with Crippen LogP contribution < -0.4 is 5.73 Å². The van der Waals surface area contributed by atoms with Gasteiger partial charge in [-0.25, -0.2) is 0 Å². The van der Waals surface area contributed by atoms with E-state index in [0.29, 0.717) is 12.5 Å². The molecule has 0 aliphatic carbocycles. The molecule has 0 aliphatic rings. The average Bonchev–Trinajstić information content (AvgIpc) is 2.05. The zero-order valence-corrected chi connectivity index (χ0v) is 8.27. The molecule has 1 heterocycles. The molecule has 0 aliphatic heterocycles. The topological polar surface area (TPSA) is 38.9 Å². The van der Waals surface area contributed by atoms with Crippen LogP contribution >= 0.6 is 12.4 Å². The van der Waals surface area contributed by atoms with Gasteiger partial charge in [0.25, 0.3) is 0 Å². The summed E-state index contributed by atoms with van der Waals surface area (Å²) >= 11 is 0. The highest BCUT2D eigenvalue weighted by Gasteiger charge is 1.98. The van der Waals surface area contributed by atoms with E-state index in [1.807, 2.05) is 12.4 Å². The average molecular weight is 187 g/mol. The van der Waals surface area contributed by atoms with Crippen LogP contribution in [0.25, 0.3) is 0 Å². The third kappa shape index (κ3) is 2.80. The molecule has 1 rings (SSSR count). The Hall–Kier alpha value is -0.600. The number of aromatic nitrogens is 1. The second-order valence-electron chi connectivity index (χ2n) is 2.99. The van der Waals surface area contributed by atoms with E-state index in [1.165, 1.54) is 5.56 Å². The van der Waals surface area contributed by atoms with E-state index in [0.717, 1.165) is 5.56 Å². The molecule has 1 aromatic rings. The number of hydrogen-bond donors (Lipinski definition) is 1. The fourth-order valence-corrected chi connectivity index (χ4v) is 0.935. The number of hydrogen-bond acceptors (Lipinski definition) is 2. The number of rotatable bonds is 2. The van der Waals surface area contributed by atoms with Crippen LogP contribution in [0.3, 0.4) is 0 Å². The minimum absolute atomic E-state index is 0. The van der Waals surface area contributed by atoms with Gasteiger partial charge in [-0.1, -0.05) is 19.9 Å². The van der Waals surface area contributed by atoms with Gasteiger partial charge in [0.2, 0.25) is 0 Å². The van der Waals surface area contributed by atoms with Crippen molar-refractivity contribution in [2.45, 2.75) is 26.3 Å². The SMILES string of the molecule is CC(C)c1cncc(CN)c1.Cl. The van der Waals surface area contributed by atoms with Gasteiger partial charge in [0, 0.05) is 18.9 Å². The molecule has 0 radical (unpaired) electrons. The number of pyridine rings is 1. The van der Waals surface area contributed by atoms with E-state index in [-0.39, 0.29) is 12.4 Å². The second-order valence-corrected chi connectivity index (χ2v) is 2.99. The highest BCUT2D eigenvalue weighted by atomic mass is 35.5. The molecule has 0 bridgehead atoms. The quantitative estimate of drug-likeness (QED) is 0.768. The normalized spacial score (nSPS) is 9.67. The van der Waals surface area contributed by atoms with Crippen LogP contribution in [0.15, 0.2) is 18.5 Å². The van der Waals surface area contributed by atoms with Gasteiger partial charge in [-0.2, -0.15) is 0 Å². The molecule has 0 unspecified atom stereocenters. The van der Waals surface area contributed by atoms with E-state index in [4.69, 9.17) is 5.73 Å². The molecule has 0 spiro atoms. The van der Waals surface area contributed by atoms with Gasteiger partial charge >= 0.3 is 0 Å². The lowest BCUT2D eigenvalue weighted by molar-refractivity contribution is 0.850.